The van der Waals surface area contributed by atoms with Gasteiger partial charge >= 0.3 is 0 Å². The molecule has 2 aromatic rings. The van der Waals surface area contributed by atoms with Crippen molar-refractivity contribution in [1.82, 2.24) is 9.78 Å². The van der Waals surface area contributed by atoms with Crippen LogP contribution in [0, 0.1) is 6.92 Å². The van der Waals surface area contributed by atoms with Crippen LogP contribution in [-0.2, 0) is 12.4 Å². The molecule has 0 saturated carbocycles. The van der Waals surface area contributed by atoms with Crippen LogP contribution in [0.2, 0.25) is 0 Å². The lowest BCUT2D eigenvalue weighted by Crippen LogP contribution is -2.08. The molecule has 1 aromatic carbocycles. The monoisotopic (exact) mass is 323 g/mol. The molecule has 5 heteroatoms. The number of hydrogen-bond acceptors (Lipinski definition) is 3. The highest BCUT2D eigenvalue weighted by molar-refractivity contribution is 9.08. The van der Waals surface area contributed by atoms with E-state index in [-0.39, 0.29) is 0 Å². The van der Waals surface area contributed by atoms with E-state index in [2.05, 4.69) is 21.0 Å². The van der Waals surface area contributed by atoms with Gasteiger partial charge in [-0.2, -0.15) is 5.10 Å². The molecule has 2 rings (SSSR count). The highest BCUT2D eigenvalue weighted by Crippen LogP contribution is 2.30. The van der Waals surface area contributed by atoms with Gasteiger partial charge in [0.05, 0.1) is 5.69 Å². The Morgan fingerprint density at radius 3 is 2.74 bits per heavy atom. The Labute approximate surface area is 122 Å². The molecule has 0 bridgehead atoms. The second-order valence-corrected chi connectivity index (χ2v) is 5.18. The Morgan fingerprint density at radius 1 is 1.37 bits per heavy atom. The summed E-state index contributed by atoms with van der Waals surface area (Å²) in [6, 6.07) is 8.00. The Morgan fingerprint density at radius 2 is 2.11 bits per heavy atom. The van der Waals surface area contributed by atoms with Crippen LogP contribution in [0.5, 0.6) is 11.6 Å². The predicted molar refractivity (Wildman–Crippen MR) is 81.4 cm³/mol. The van der Waals surface area contributed by atoms with Crippen molar-refractivity contribution >= 4 is 21.6 Å². The van der Waals surface area contributed by atoms with Crippen LogP contribution in [0.4, 0.5) is 5.69 Å². The van der Waals surface area contributed by atoms with Crippen molar-refractivity contribution in [3.05, 3.63) is 35.5 Å². The van der Waals surface area contributed by atoms with E-state index in [1.54, 1.807) is 4.68 Å². The van der Waals surface area contributed by atoms with Gasteiger partial charge in [-0.1, -0.05) is 22.0 Å². The minimum atomic E-state index is 0.732. The zero-order valence-corrected chi connectivity index (χ0v) is 13.2. The first kappa shape index (κ1) is 13.9. The largest absolute Gasteiger partial charge is 0.439 e. The zero-order valence-electron chi connectivity index (χ0n) is 11.6. The topological polar surface area (TPSA) is 30.3 Å². The lowest BCUT2D eigenvalue weighted by atomic mass is 10.2. The lowest BCUT2D eigenvalue weighted by molar-refractivity contribution is 0.427. The molecule has 0 aliphatic rings. The smallest absolute Gasteiger partial charge is 0.221 e. The van der Waals surface area contributed by atoms with Crippen LogP contribution in [0.25, 0.3) is 0 Å². The number of rotatable bonds is 4. The van der Waals surface area contributed by atoms with Gasteiger partial charge in [0.25, 0.3) is 0 Å². The van der Waals surface area contributed by atoms with Crippen LogP contribution in [0.15, 0.2) is 24.3 Å². The molecular formula is C14H18BrN3O. The molecule has 0 amide bonds. The molecule has 0 saturated heterocycles. The molecule has 0 atom stereocenters. The molecule has 102 valence electrons. The van der Waals surface area contributed by atoms with Crippen molar-refractivity contribution in [2.75, 3.05) is 19.0 Å². The molecule has 1 heterocycles. The van der Waals surface area contributed by atoms with Gasteiger partial charge in [-0.15, -0.1) is 0 Å². The molecule has 4 nitrogen and oxygen atoms in total. The summed E-state index contributed by atoms with van der Waals surface area (Å²) in [4.78, 5) is 2.05. The average molecular weight is 324 g/mol. The fourth-order valence-electron chi connectivity index (χ4n) is 1.90. The van der Waals surface area contributed by atoms with E-state index in [0.717, 1.165) is 33.9 Å². The van der Waals surface area contributed by atoms with Gasteiger partial charge in [-0.3, -0.25) is 0 Å². The third-order valence-electron chi connectivity index (χ3n) is 2.97. The number of halogens is 1. The molecule has 0 fully saturated rings. The zero-order chi connectivity index (χ0) is 14.0. The summed E-state index contributed by atoms with van der Waals surface area (Å²) >= 11 is 3.48. The normalized spacial score (nSPS) is 10.6. The van der Waals surface area contributed by atoms with Crippen LogP contribution in [-0.4, -0.2) is 23.9 Å². The minimum absolute atomic E-state index is 0.732. The molecule has 1 aromatic heterocycles. The number of hydrogen-bond donors (Lipinski definition) is 0. The highest BCUT2D eigenvalue weighted by Gasteiger charge is 2.14. The number of nitrogens with zero attached hydrogens (tertiary/aromatic N) is 3. The van der Waals surface area contributed by atoms with Crippen LogP contribution < -0.4 is 9.64 Å². The molecule has 0 unspecified atom stereocenters. The second-order valence-electron chi connectivity index (χ2n) is 4.62. The van der Waals surface area contributed by atoms with Crippen molar-refractivity contribution in [1.29, 1.82) is 0 Å². The summed E-state index contributed by atoms with van der Waals surface area (Å²) in [7, 11) is 5.92. The van der Waals surface area contributed by atoms with E-state index in [4.69, 9.17) is 4.74 Å². The number of anilines is 1. The van der Waals surface area contributed by atoms with Gasteiger partial charge in [0.2, 0.25) is 5.88 Å². The number of ether oxygens (including phenoxy) is 1. The maximum absolute atomic E-state index is 5.99. The van der Waals surface area contributed by atoms with Crippen LogP contribution >= 0.6 is 15.9 Å². The standard InChI is InChI=1S/C14H18BrN3O/c1-10-13(9-15)14(18(4)16-10)19-12-7-5-6-11(8-12)17(2)3/h5-8H,9H2,1-4H3. The van der Waals surface area contributed by atoms with Crippen molar-refractivity contribution < 1.29 is 4.74 Å². The highest BCUT2D eigenvalue weighted by atomic mass is 79.9. The van der Waals surface area contributed by atoms with E-state index in [1.165, 1.54) is 0 Å². The maximum atomic E-state index is 5.99. The van der Waals surface area contributed by atoms with E-state index in [1.807, 2.05) is 57.2 Å². The number of benzene rings is 1. The van der Waals surface area contributed by atoms with Gasteiger partial charge in [-0.25, -0.2) is 4.68 Å². The van der Waals surface area contributed by atoms with E-state index < -0.39 is 0 Å². The quantitative estimate of drug-likeness (QED) is 0.807. The second kappa shape index (κ2) is 5.65. The fourth-order valence-corrected chi connectivity index (χ4v) is 2.54. The molecule has 0 aliphatic carbocycles. The van der Waals surface area contributed by atoms with E-state index >= 15 is 0 Å². The Balaban J connectivity index is 2.33. The number of aryl methyl sites for hydroxylation is 2. The first-order valence-corrected chi connectivity index (χ1v) is 7.18. The first-order valence-electron chi connectivity index (χ1n) is 6.06. The van der Waals surface area contributed by atoms with Crippen LogP contribution in [0.1, 0.15) is 11.3 Å². The van der Waals surface area contributed by atoms with E-state index in [0.29, 0.717) is 0 Å². The molecular weight excluding hydrogens is 306 g/mol. The Bertz CT molecular complexity index is 578. The van der Waals surface area contributed by atoms with Crippen molar-refractivity contribution in [2.45, 2.75) is 12.3 Å². The summed E-state index contributed by atoms with van der Waals surface area (Å²) in [6.07, 6.45) is 0. The summed E-state index contributed by atoms with van der Waals surface area (Å²) < 4.78 is 7.76. The molecule has 19 heavy (non-hydrogen) atoms. The summed E-state index contributed by atoms with van der Waals surface area (Å²) in [6.45, 7) is 1.99. The maximum Gasteiger partial charge on any atom is 0.221 e. The van der Waals surface area contributed by atoms with Gasteiger partial charge < -0.3 is 9.64 Å². The summed E-state index contributed by atoms with van der Waals surface area (Å²) in [5, 5.41) is 5.12. The summed E-state index contributed by atoms with van der Waals surface area (Å²) in [5.41, 5.74) is 3.17. The van der Waals surface area contributed by atoms with E-state index in [9.17, 15) is 0 Å². The van der Waals surface area contributed by atoms with Gasteiger partial charge in [0, 0.05) is 43.8 Å². The molecule has 0 aliphatic heterocycles. The average Bonchev–Trinajstić information content (AvgIpc) is 2.64. The molecule has 0 N–H and O–H groups in total. The number of aromatic nitrogens is 2. The SMILES string of the molecule is Cc1nn(C)c(Oc2cccc(N(C)C)c2)c1CBr. The summed E-state index contributed by atoms with van der Waals surface area (Å²) in [5.74, 6) is 1.60. The molecule has 0 radical (unpaired) electrons. The Hall–Kier alpha value is -1.49. The predicted octanol–water partition coefficient (Wildman–Crippen LogP) is 3.48. The third kappa shape index (κ3) is 2.92. The van der Waals surface area contributed by atoms with Crippen molar-refractivity contribution in [3.63, 3.8) is 0 Å². The Kier molecular flexibility index (Phi) is 4.14. The van der Waals surface area contributed by atoms with Crippen molar-refractivity contribution in [2.24, 2.45) is 7.05 Å². The van der Waals surface area contributed by atoms with Gasteiger partial charge in [-0.05, 0) is 19.1 Å². The van der Waals surface area contributed by atoms with Crippen molar-refractivity contribution in [3.8, 4) is 11.6 Å². The number of alkyl halides is 1. The first-order chi connectivity index (χ1) is 9.02. The third-order valence-corrected chi connectivity index (χ3v) is 3.53. The van der Waals surface area contributed by atoms with Gasteiger partial charge in [0.1, 0.15) is 5.75 Å². The van der Waals surface area contributed by atoms with Crippen LogP contribution in [0.3, 0.4) is 0 Å². The molecule has 0 spiro atoms. The fraction of sp³-hybridized carbons (Fsp3) is 0.357. The lowest BCUT2D eigenvalue weighted by Gasteiger charge is -2.14. The van der Waals surface area contributed by atoms with Gasteiger partial charge in [0.15, 0.2) is 0 Å². The minimum Gasteiger partial charge on any atom is -0.439 e.